The summed E-state index contributed by atoms with van der Waals surface area (Å²) in [6.45, 7) is 6.01. The Labute approximate surface area is 173 Å². The number of rotatable bonds is 7. The molecule has 0 aliphatic carbocycles. The van der Waals surface area contributed by atoms with E-state index in [4.69, 9.17) is 0 Å². The van der Waals surface area contributed by atoms with Crippen LogP contribution in [0.1, 0.15) is 36.0 Å². The van der Waals surface area contributed by atoms with Crippen LogP contribution >= 0.6 is 0 Å². The SMILES string of the molecule is Cc1ccc(CN2CCC(CC(=O)NCCc3c[nH]c4ccccc34)CC2)cc1. The third-order valence-corrected chi connectivity index (χ3v) is 6.10. The molecule has 0 unspecified atom stereocenters. The number of likely N-dealkylation sites (tertiary alicyclic amines) is 1. The highest BCUT2D eigenvalue weighted by atomic mass is 16.1. The molecule has 0 bridgehead atoms. The Morgan fingerprint density at radius 3 is 2.66 bits per heavy atom. The van der Waals surface area contributed by atoms with Gasteiger partial charge in [0.1, 0.15) is 0 Å². The number of hydrogen-bond donors (Lipinski definition) is 2. The molecule has 4 rings (SSSR count). The van der Waals surface area contributed by atoms with Crippen LogP contribution in [-0.2, 0) is 17.8 Å². The summed E-state index contributed by atoms with van der Waals surface area (Å²) in [5, 5.41) is 4.38. The van der Waals surface area contributed by atoms with Crippen molar-refractivity contribution < 1.29 is 4.79 Å². The molecule has 1 aliphatic heterocycles. The van der Waals surface area contributed by atoms with Gasteiger partial charge in [0, 0.05) is 36.6 Å². The van der Waals surface area contributed by atoms with Gasteiger partial charge in [-0.2, -0.15) is 0 Å². The fourth-order valence-electron chi connectivity index (χ4n) is 4.31. The molecule has 29 heavy (non-hydrogen) atoms. The fraction of sp³-hybridized carbons (Fsp3) is 0.400. The molecule has 152 valence electrons. The van der Waals surface area contributed by atoms with Crippen LogP contribution in [0.15, 0.2) is 54.7 Å². The largest absolute Gasteiger partial charge is 0.361 e. The van der Waals surface area contributed by atoms with Gasteiger partial charge in [-0.1, -0.05) is 48.0 Å². The van der Waals surface area contributed by atoms with E-state index >= 15 is 0 Å². The van der Waals surface area contributed by atoms with Crippen LogP contribution in [0, 0.1) is 12.8 Å². The molecule has 2 heterocycles. The normalized spacial score (nSPS) is 15.6. The van der Waals surface area contributed by atoms with Crippen molar-refractivity contribution in [3.63, 3.8) is 0 Å². The summed E-state index contributed by atoms with van der Waals surface area (Å²) in [5.74, 6) is 0.708. The zero-order valence-electron chi connectivity index (χ0n) is 17.3. The molecular weight excluding hydrogens is 358 g/mol. The van der Waals surface area contributed by atoms with E-state index in [0.29, 0.717) is 18.9 Å². The van der Waals surface area contributed by atoms with Crippen molar-refractivity contribution in [3.8, 4) is 0 Å². The van der Waals surface area contributed by atoms with Gasteiger partial charge in [-0.15, -0.1) is 0 Å². The predicted molar refractivity (Wildman–Crippen MR) is 119 cm³/mol. The molecule has 3 aromatic rings. The number of piperidine rings is 1. The highest BCUT2D eigenvalue weighted by molar-refractivity contribution is 5.83. The summed E-state index contributed by atoms with van der Waals surface area (Å²) in [6, 6.07) is 17.1. The van der Waals surface area contributed by atoms with Gasteiger partial charge in [0.15, 0.2) is 0 Å². The van der Waals surface area contributed by atoms with Crippen LogP contribution in [0.3, 0.4) is 0 Å². The summed E-state index contributed by atoms with van der Waals surface area (Å²) < 4.78 is 0. The predicted octanol–water partition coefficient (Wildman–Crippen LogP) is 4.44. The number of hydrogen-bond acceptors (Lipinski definition) is 2. The zero-order valence-corrected chi connectivity index (χ0v) is 17.3. The minimum Gasteiger partial charge on any atom is -0.361 e. The Kier molecular flexibility index (Phi) is 6.30. The van der Waals surface area contributed by atoms with Gasteiger partial charge in [-0.25, -0.2) is 0 Å². The summed E-state index contributed by atoms with van der Waals surface area (Å²) >= 11 is 0. The fourth-order valence-corrected chi connectivity index (χ4v) is 4.31. The highest BCUT2D eigenvalue weighted by Crippen LogP contribution is 2.22. The maximum atomic E-state index is 12.4. The number of carbonyl (C=O) groups excluding carboxylic acids is 1. The molecule has 2 N–H and O–H groups in total. The van der Waals surface area contributed by atoms with Gasteiger partial charge in [0.25, 0.3) is 0 Å². The molecule has 4 heteroatoms. The highest BCUT2D eigenvalue weighted by Gasteiger charge is 2.21. The topological polar surface area (TPSA) is 48.1 Å². The lowest BCUT2D eigenvalue weighted by Crippen LogP contribution is -2.35. The minimum absolute atomic E-state index is 0.196. The van der Waals surface area contributed by atoms with Gasteiger partial charge >= 0.3 is 0 Å². The molecule has 0 saturated carbocycles. The molecule has 1 fully saturated rings. The summed E-state index contributed by atoms with van der Waals surface area (Å²) in [6.07, 6.45) is 5.81. The summed E-state index contributed by atoms with van der Waals surface area (Å²) in [4.78, 5) is 18.2. The van der Waals surface area contributed by atoms with Crippen molar-refractivity contribution in [2.75, 3.05) is 19.6 Å². The van der Waals surface area contributed by atoms with Gasteiger partial charge in [-0.05, 0) is 62.4 Å². The first-order chi connectivity index (χ1) is 14.2. The van der Waals surface area contributed by atoms with Gasteiger partial charge in [-0.3, -0.25) is 9.69 Å². The molecule has 4 nitrogen and oxygen atoms in total. The number of aromatic nitrogens is 1. The first-order valence-electron chi connectivity index (χ1n) is 10.8. The van der Waals surface area contributed by atoms with Crippen LogP contribution in [0.2, 0.25) is 0 Å². The van der Waals surface area contributed by atoms with Gasteiger partial charge in [0.05, 0.1) is 0 Å². The van der Waals surface area contributed by atoms with E-state index in [9.17, 15) is 4.79 Å². The average molecular weight is 390 g/mol. The number of nitrogens with zero attached hydrogens (tertiary/aromatic N) is 1. The molecule has 1 aliphatic rings. The molecule has 0 radical (unpaired) electrons. The van der Waals surface area contributed by atoms with E-state index in [1.165, 1.54) is 22.1 Å². The molecule has 0 spiro atoms. The number of para-hydroxylation sites is 1. The lowest BCUT2D eigenvalue weighted by atomic mass is 9.93. The molecule has 0 atom stereocenters. The third kappa shape index (κ3) is 5.27. The first kappa shape index (κ1) is 19.7. The summed E-state index contributed by atoms with van der Waals surface area (Å²) in [7, 11) is 0. The van der Waals surface area contributed by atoms with Crippen LogP contribution in [0.25, 0.3) is 10.9 Å². The van der Waals surface area contributed by atoms with E-state index in [-0.39, 0.29) is 5.91 Å². The number of amides is 1. The number of H-pyrrole nitrogens is 1. The standard InChI is InChI=1S/C25H31N3O/c1-19-6-8-21(9-7-19)18-28-14-11-20(12-15-28)16-25(29)26-13-10-22-17-27-24-5-3-2-4-23(22)24/h2-9,17,20,27H,10-16,18H2,1H3,(H,26,29). The number of benzene rings is 2. The number of nitrogens with one attached hydrogen (secondary N) is 2. The Morgan fingerprint density at radius 2 is 1.86 bits per heavy atom. The Morgan fingerprint density at radius 1 is 1.10 bits per heavy atom. The second-order valence-corrected chi connectivity index (χ2v) is 8.37. The van der Waals surface area contributed by atoms with Crippen LogP contribution in [0.5, 0.6) is 0 Å². The monoisotopic (exact) mass is 389 g/mol. The lowest BCUT2D eigenvalue weighted by Gasteiger charge is -2.31. The molecule has 1 saturated heterocycles. The van der Waals surface area contributed by atoms with Crippen molar-refractivity contribution in [3.05, 3.63) is 71.4 Å². The van der Waals surface area contributed by atoms with Crippen LogP contribution in [-0.4, -0.2) is 35.4 Å². The Hall–Kier alpha value is -2.59. The molecule has 1 aromatic heterocycles. The van der Waals surface area contributed by atoms with Crippen molar-refractivity contribution in [2.24, 2.45) is 5.92 Å². The minimum atomic E-state index is 0.196. The number of aromatic amines is 1. The Bertz CT molecular complexity index is 936. The van der Waals surface area contributed by atoms with Crippen LogP contribution < -0.4 is 5.32 Å². The molecular formula is C25H31N3O. The number of fused-ring (bicyclic) bond motifs is 1. The maximum Gasteiger partial charge on any atom is 0.220 e. The van der Waals surface area contributed by atoms with Gasteiger partial charge in [0.2, 0.25) is 5.91 Å². The van der Waals surface area contributed by atoms with E-state index in [1.807, 2.05) is 6.07 Å². The third-order valence-electron chi connectivity index (χ3n) is 6.10. The number of aryl methyl sites for hydroxylation is 1. The maximum absolute atomic E-state index is 12.4. The van der Waals surface area contributed by atoms with E-state index in [1.54, 1.807) is 0 Å². The van der Waals surface area contributed by atoms with Gasteiger partial charge < -0.3 is 10.3 Å². The lowest BCUT2D eigenvalue weighted by molar-refractivity contribution is -0.122. The number of carbonyl (C=O) groups is 1. The van der Waals surface area contributed by atoms with E-state index < -0.39 is 0 Å². The average Bonchev–Trinajstić information content (AvgIpc) is 3.14. The van der Waals surface area contributed by atoms with Crippen molar-refractivity contribution >= 4 is 16.8 Å². The molecule has 2 aromatic carbocycles. The first-order valence-corrected chi connectivity index (χ1v) is 10.8. The zero-order chi connectivity index (χ0) is 20.1. The van der Waals surface area contributed by atoms with E-state index in [2.05, 4.69) is 70.8 Å². The second-order valence-electron chi connectivity index (χ2n) is 8.37. The van der Waals surface area contributed by atoms with Crippen molar-refractivity contribution in [1.82, 2.24) is 15.2 Å². The van der Waals surface area contributed by atoms with Crippen molar-refractivity contribution in [1.29, 1.82) is 0 Å². The van der Waals surface area contributed by atoms with Crippen molar-refractivity contribution in [2.45, 2.75) is 39.2 Å². The quantitative estimate of drug-likeness (QED) is 0.628. The molecule has 1 amide bonds. The smallest absolute Gasteiger partial charge is 0.220 e. The Balaban J connectivity index is 1.16. The van der Waals surface area contributed by atoms with E-state index in [0.717, 1.165) is 44.4 Å². The summed E-state index contributed by atoms with van der Waals surface area (Å²) in [5.41, 5.74) is 5.11. The second kappa shape index (κ2) is 9.27. The van der Waals surface area contributed by atoms with Crippen LogP contribution in [0.4, 0.5) is 0 Å².